The summed E-state index contributed by atoms with van der Waals surface area (Å²) < 4.78 is 7.62. The van der Waals surface area contributed by atoms with E-state index in [9.17, 15) is 0 Å². The van der Waals surface area contributed by atoms with Crippen molar-refractivity contribution in [3.63, 3.8) is 0 Å². The summed E-state index contributed by atoms with van der Waals surface area (Å²) in [7, 11) is 2.15. The third-order valence-electron chi connectivity index (χ3n) is 3.72. The van der Waals surface area contributed by atoms with Crippen LogP contribution in [0.1, 0.15) is 26.2 Å². The first-order valence-corrected chi connectivity index (χ1v) is 7.35. The number of piperidine rings is 1. The molecular weight excluding hydrogens is 240 g/mol. The fraction of sp³-hybridized carbons (Fsp3) is 0.786. The maximum Gasteiger partial charge on any atom is 0.205 e. The summed E-state index contributed by atoms with van der Waals surface area (Å²) in [5, 5.41) is 3.46. The smallest absolute Gasteiger partial charge is 0.205 e. The lowest BCUT2D eigenvalue weighted by Crippen LogP contribution is -2.45. The van der Waals surface area contributed by atoms with Crippen LogP contribution in [0.3, 0.4) is 0 Å². The molecule has 1 N–H and O–H groups in total. The fourth-order valence-corrected chi connectivity index (χ4v) is 2.60. The van der Waals surface area contributed by atoms with Gasteiger partial charge < -0.3 is 19.5 Å². The van der Waals surface area contributed by atoms with Gasteiger partial charge in [0.25, 0.3) is 0 Å². The predicted octanol–water partition coefficient (Wildman–Crippen LogP) is 1.50. The quantitative estimate of drug-likeness (QED) is 0.760. The first kappa shape index (κ1) is 14.3. The van der Waals surface area contributed by atoms with Gasteiger partial charge in [0.1, 0.15) is 0 Å². The summed E-state index contributed by atoms with van der Waals surface area (Å²) in [6, 6.07) is 0.557. The van der Waals surface area contributed by atoms with Gasteiger partial charge in [-0.2, -0.15) is 0 Å². The van der Waals surface area contributed by atoms with E-state index in [1.807, 2.05) is 13.1 Å². The maximum absolute atomic E-state index is 5.39. The zero-order chi connectivity index (χ0) is 13.5. The van der Waals surface area contributed by atoms with E-state index in [1.165, 1.54) is 12.8 Å². The van der Waals surface area contributed by atoms with Gasteiger partial charge in [-0.1, -0.05) is 0 Å². The number of ether oxygens (including phenoxy) is 1. The van der Waals surface area contributed by atoms with Gasteiger partial charge in [0.15, 0.2) is 0 Å². The molecule has 1 atom stereocenters. The van der Waals surface area contributed by atoms with Crippen molar-refractivity contribution in [2.45, 2.75) is 38.8 Å². The van der Waals surface area contributed by atoms with Gasteiger partial charge in [0.2, 0.25) is 5.95 Å². The molecule has 1 fully saturated rings. The van der Waals surface area contributed by atoms with Crippen LogP contribution in [0.5, 0.6) is 0 Å². The molecule has 5 heteroatoms. The maximum atomic E-state index is 5.39. The van der Waals surface area contributed by atoms with Gasteiger partial charge in [-0.3, -0.25) is 0 Å². The molecule has 0 aliphatic carbocycles. The molecule has 2 rings (SSSR count). The highest BCUT2D eigenvalue weighted by atomic mass is 16.5. The summed E-state index contributed by atoms with van der Waals surface area (Å²) in [5.74, 6) is 1.07. The Balaban J connectivity index is 1.90. The molecule has 1 aliphatic rings. The molecule has 0 amide bonds. The van der Waals surface area contributed by atoms with E-state index in [2.05, 4.69) is 33.0 Å². The van der Waals surface area contributed by atoms with Gasteiger partial charge in [-0.15, -0.1) is 0 Å². The van der Waals surface area contributed by atoms with Crippen molar-refractivity contribution in [1.82, 2.24) is 14.9 Å². The molecule has 1 aromatic heterocycles. The zero-order valence-electron chi connectivity index (χ0n) is 12.1. The van der Waals surface area contributed by atoms with Crippen LogP contribution in [-0.4, -0.2) is 48.9 Å². The van der Waals surface area contributed by atoms with E-state index in [0.29, 0.717) is 6.04 Å². The average Bonchev–Trinajstić information content (AvgIpc) is 2.92. The summed E-state index contributed by atoms with van der Waals surface area (Å²) in [4.78, 5) is 6.82. The molecule has 108 valence electrons. The minimum atomic E-state index is 0.557. The largest absolute Gasteiger partial charge is 0.382 e. The number of likely N-dealkylation sites (N-methyl/N-ethyl adjacent to an activating group) is 1. The van der Waals surface area contributed by atoms with Gasteiger partial charge in [0, 0.05) is 51.8 Å². The van der Waals surface area contributed by atoms with Gasteiger partial charge in [-0.05, 0) is 32.7 Å². The standard InChI is InChI=1S/C14H26N4O/c1-3-19-11-5-9-18-10-8-16-14(18)17(2)13-6-4-7-15-12-13/h8,10,13,15H,3-7,9,11-12H2,1-2H3. The summed E-state index contributed by atoms with van der Waals surface area (Å²) in [6.45, 7) is 6.83. The number of imidazole rings is 1. The highest BCUT2D eigenvalue weighted by molar-refractivity contribution is 5.32. The molecule has 2 heterocycles. The van der Waals surface area contributed by atoms with Crippen molar-refractivity contribution >= 4 is 5.95 Å². The minimum absolute atomic E-state index is 0.557. The van der Waals surface area contributed by atoms with Crippen molar-refractivity contribution in [2.24, 2.45) is 0 Å². The molecule has 0 saturated carbocycles. The molecular formula is C14H26N4O. The highest BCUT2D eigenvalue weighted by Crippen LogP contribution is 2.17. The van der Waals surface area contributed by atoms with Crippen molar-refractivity contribution in [2.75, 3.05) is 38.3 Å². The second-order valence-electron chi connectivity index (χ2n) is 5.08. The average molecular weight is 266 g/mol. The number of nitrogens with zero attached hydrogens (tertiary/aromatic N) is 3. The van der Waals surface area contributed by atoms with Crippen LogP contribution in [0.15, 0.2) is 12.4 Å². The third kappa shape index (κ3) is 3.94. The van der Waals surface area contributed by atoms with E-state index in [0.717, 1.165) is 45.2 Å². The number of anilines is 1. The molecule has 5 nitrogen and oxygen atoms in total. The van der Waals surface area contributed by atoms with Gasteiger partial charge >= 0.3 is 0 Å². The SMILES string of the molecule is CCOCCCn1ccnc1N(C)C1CCCNC1. The summed E-state index contributed by atoms with van der Waals surface area (Å²) >= 11 is 0. The number of rotatable bonds is 7. The molecule has 1 saturated heterocycles. The Morgan fingerprint density at radius 3 is 3.21 bits per heavy atom. The van der Waals surface area contributed by atoms with E-state index in [4.69, 9.17) is 4.74 Å². The Hall–Kier alpha value is -1.07. The molecule has 0 spiro atoms. The van der Waals surface area contributed by atoms with Crippen molar-refractivity contribution in [3.05, 3.63) is 12.4 Å². The minimum Gasteiger partial charge on any atom is -0.382 e. The lowest BCUT2D eigenvalue weighted by molar-refractivity contribution is 0.141. The first-order valence-electron chi connectivity index (χ1n) is 7.35. The second kappa shape index (κ2) is 7.50. The number of hydrogen-bond donors (Lipinski definition) is 1. The lowest BCUT2D eigenvalue weighted by atomic mass is 10.1. The Morgan fingerprint density at radius 2 is 2.47 bits per heavy atom. The Kier molecular flexibility index (Phi) is 5.66. The van der Waals surface area contributed by atoms with Crippen LogP contribution < -0.4 is 10.2 Å². The van der Waals surface area contributed by atoms with E-state index in [-0.39, 0.29) is 0 Å². The molecule has 1 aromatic rings. The van der Waals surface area contributed by atoms with Crippen LogP contribution in [0, 0.1) is 0 Å². The van der Waals surface area contributed by atoms with Crippen molar-refractivity contribution in [3.8, 4) is 0 Å². The first-order chi connectivity index (χ1) is 9.33. The van der Waals surface area contributed by atoms with Crippen molar-refractivity contribution in [1.29, 1.82) is 0 Å². The van der Waals surface area contributed by atoms with Crippen LogP contribution in [-0.2, 0) is 11.3 Å². The van der Waals surface area contributed by atoms with Crippen LogP contribution in [0.25, 0.3) is 0 Å². The lowest BCUT2D eigenvalue weighted by Gasteiger charge is -2.32. The molecule has 0 radical (unpaired) electrons. The molecule has 0 bridgehead atoms. The van der Waals surface area contributed by atoms with Crippen LogP contribution in [0.2, 0.25) is 0 Å². The molecule has 19 heavy (non-hydrogen) atoms. The van der Waals surface area contributed by atoms with Crippen LogP contribution >= 0.6 is 0 Å². The molecule has 1 unspecified atom stereocenters. The van der Waals surface area contributed by atoms with Crippen molar-refractivity contribution < 1.29 is 4.74 Å². The molecule has 0 aromatic carbocycles. The number of aromatic nitrogens is 2. The Morgan fingerprint density at radius 1 is 1.58 bits per heavy atom. The van der Waals surface area contributed by atoms with Gasteiger partial charge in [-0.25, -0.2) is 4.98 Å². The summed E-state index contributed by atoms with van der Waals surface area (Å²) in [6.07, 6.45) is 7.49. The number of hydrogen-bond acceptors (Lipinski definition) is 4. The summed E-state index contributed by atoms with van der Waals surface area (Å²) in [5.41, 5.74) is 0. The predicted molar refractivity (Wildman–Crippen MR) is 77.6 cm³/mol. The number of aryl methyl sites for hydroxylation is 1. The monoisotopic (exact) mass is 266 g/mol. The zero-order valence-corrected chi connectivity index (χ0v) is 12.1. The van der Waals surface area contributed by atoms with E-state index in [1.54, 1.807) is 0 Å². The normalized spacial score (nSPS) is 19.6. The van der Waals surface area contributed by atoms with E-state index < -0.39 is 0 Å². The highest BCUT2D eigenvalue weighted by Gasteiger charge is 2.20. The molecule has 1 aliphatic heterocycles. The fourth-order valence-electron chi connectivity index (χ4n) is 2.60. The topological polar surface area (TPSA) is 42.3 Å². The van der Waals surface area contributed by atoms with Crippen LogP contribution in [0.4, 0.5) is 5.95 Å². The van der Waals surface area contributed by atoms with E-state index >= 15 is 0 Å². The van der Waals surface area contributed by atoms with Gasteiger partial charge in [0.05, 0.1) is 0 Å². The number of nitrogens with one attached hydrogen (secondary N) is 1. The second-order valence-corrected chi connectivity index (χ2v) is 5.08. The Bertz CT molecular complexity index is 360. The third-order valence-corrected chi connectivity index (χ3v) is 3.72. The Labute approximate surface area is 116 Å².